The molecular weight excluding hydrogens is 309 g/mol. The van der Waals surface area contributed by atoms with E-state index in [0.717, 1.165) is 22.6 Å². The fourth-order valence-corrected chi connectivity index (χ4v) is 2.55. The van der Waals surface area contributed by atoms with Gasteiger partial charge >= 0.3 is 5.91 Å². The van der Waals surface area contributed by atoms with Crippen LogP contribution in [0.3, 0.4) is 0 Å². The quantitative estimate of drug-likeness (QED) is 0.588. The molecule has 1 N–H and O–H groups in total. The van der Waals surface area contributed by atoms with Gasteiger partial charge in [-0.1, -0.05) is 6.07 Å². The Morgan fingerprint density at radius 2 is 2.08 bits per heavy atom. The predicted octanol–water partition coefficient (Wildman–Crippen LogP) is 3.59. The first-order chi connectivity index (χ1) is 11.6. The molecule has 0 spiro atoms. The number of aromatic nitrogens is 1. The van der Waals surface area contributed by atoms with Crippen LogP contribution in [0.25, 0.3) is 5.69 Å². The van der Waals surface area contributed by atoms with E-state index in [0.29, 0.717) is 0 Å². The van der Waals surface area contributed by atoms with Crippen LogP contribution in [0.1, 0.15) is 27.5 Å². The number of hydrogen-bond donors (Lipinski definition) is 1. The molecule has 122 valence electrons. The maximum Gasteiger partial charge on any atom is 0.307 e. The SMILES string of the molecule is Cc1cc(/C=N\NC(=O)c2ccco2)c(C)n1-c1cccc(F)c1. The van der Waals surface area contributed by atoms with E-state index in [1.54, 1.807) is 24.4 Å². The van der Waals surface area contributed by atoms with Crippen LogP contribution < -0.4 is 5.43 Å². The number of amides is 1. The molecule has 5 nitrogen and oxygen atoms in total. The fourth-order valence-electron chi connectivity index (χ4n) is 2.55. The van der Waals surface area contributed by atoms with E-state index in [1.807, 2.05) is 30.5 Å². The number of nitrogens with zero attached hydrogens (tertiary/aromatic N) is 2. The third kappa shape index (κ3) is 3.12. The summed E-state index contributed by atoms with van der Waals surface area (Å²) >= 11 is 0. The van der Waals surface area contributed by atoms with Gasteiger partial charge in [0.1, 0.15) is 5.82 Å². The monoisotopic (exact) mass is 325 g/mol. The number of benzene rings is 1. The highest BCUT2D eigenvalue weighted by atomic mass is 19.1. The van der Waals surface area contributed by atoms with Gasteiger partial charge in [0, 0.05) is 22.6 Å². The van der Waals surface area contributed by atoms with Crippen LogP contribution in [-0.2, 0) is 0 Å². The Balaban J connectivity index is 1.81. The summed E-state index contributed by atoms with van der Waals surface area (Å²) < 4.78 is 20.4. The minimum atomic E-state index is -0.421. The predicted molar refractivity (Wildman–Crippen MR) is 89.0 cm³/mol. The molecule has 1 amide bonds. The van der Waals surface area contributed by atoms with Crippen molar-refractivity contribution in [3.8, 4) is 5.69 Å². The van der Waals surface area contributed by atoms with Gasteiger partial charge in [-0.3, -0.25) is 4.79 Å². The molecule has 0 bridgehead atoms. The first kappa shape index (κ1) is 15.7. The van der Waals surface area contributed by atoms with Crippen molar-refractivity contribution in [2.24, 2.45) is 5.10 Å². The van der Waals surface area contributed by atoms with Gasteiger partial charge in [-0.2, -0.15) is 5.10 Å². The highest BCUT2D eigenvalue weighted by molar-refractivity contribution is 5.92. The van der Waals surface area contributed by atoms with Crippen molar-refractivity contribution >= 4 is 12.1 Å². The molecule has 6 heteroatoms. The Labute approximate surface area is 138 Å². The van der Waals surface area contributed by atoms with E-state index >= 15 is 0 Å². The third-order valence-electron chi connectivity index (χ3n) is 3.65. The Bertz CT molecular complexity index is 895. The topological polar surface area (TPSA) is 59.5 Å². The summed E-state index contributed by atoms with van der Waals surface area (Å²) in [5, 5.41) is 3.95. The lowest BCUT2D eigenvalue weighted by Crippen LogP contribution is -2.16. The van der Waals surface area contributed by atoms with Crippen LogP contribution in [0.2, 0.25) is 0 Å². The number of hydrogen-bond acceptors (Lipinski definition) is 3. The zero-order valence-corrected chi connectivity index (χ0v) is 13.3. The van der Waals surface area contributed by atoms with Crippen molar-refractivity contribution in [2.45, 2.75) is 13.8 Å². The van der Waals surface area contributed by atoms with Gasteiger partial charge in [0.25, 0.3) is 0 Å². The highest BCUT2D eigenvalue weighted by Crippen LogP contribution is 2.20. The van der Waals surface area contributed by atoms with Crippen molar-refractivity contribution in [2.75, 3.05) is 0 Å². The molecule has 2 heterocycles. The maximum absolute atomic E-state index is 13.5. The molecule has 2 aromatic heterocycles. The Hall–Kier alpha value is -3.15. The molecule has 0 radical (unpaired) electrons. The van der Waals surface area contributed by atoms with Crippen LogP contribution in [0, 0.1) is 19.7 Å². The van der Waals surface area contributed by atoms with Crippen molar-refractivity contribution in [3.05, 3.63) is 77.3 Å². The molecule has 0 aliphatic rings. The van der Waals surface area contributed by atoms with Gasteiger partial charge in [-0.25, -0.2) is 9.82 Å². The van der Waals surface area contributed by atoms with E-state index in [9.17, 15) is 9.18 Å². The van der Waals surface area contributed by atoms with E-state index in [-0.39, 0.29) is 11.6 Å². The van der Waals surface area contributed by atoms with Gasteiger partial charge in [0.05, 0.1) is 12.5 Å². The van der Waals surface area contributed by atoms with Crippen molar-refractivity contribution in [3.63, 3.8) is 0 Å². The zero-order chi connectivity index (χ0) is 17.1. The summed E-state index contributed by atoms with van der Waals surface area (Å²) in [7, 11) is 0. The Morgan fingerprint density at radius 3 is 2.79 bits per heavy atom. The normalized spacial score (nSPS) is 11.1. The molecule has 3 rings (SSSR count). The summed E-state index contributed by atoms with van der Waals surface area (Å²) in [5.41, 5.74) is 5.81. The minimum absolute atomic E-state index is 0.192. The van der Waals surface area contributed by atoms with Crippen LogP contribution in [0.15, 0.2) is 58.2 Å². The third-order valence-corrected chi connectivity index (χ3v) is 3.65. The van der Waals surface area contributed by atoms with Gasteiger partial charge in [0.2, 0.25) is 0 Å². The summed E-state index contributed by atoms with van der Waals surface area (Å²) in [4.78, 5) is 11.7. The van der Waals surface area contributed by atoms with Crippen molar-refractivity contribution in [1.29, 1.82) is 0 Å². The molecule has 0 aliphatic heterocycles. The molecule has 1 aromatic carbocycles. The molecule has 0 saturated carbocycles. The van der Waals surface area contributed by atoms with Gasteiger partial charge in [-0.05, 0) is 50.2 Å². The summed E-state index contributed by atoms with van der Waals surface area (Å²) in [6.07, 6.45) is 2.98. The molecule has 0 fully saturated rings. The number of furan rings is 1. The largest absolute Gasteiger partial charge is 0.459 e. The Morgan fingerprint density at radius 1 is 1.25 bits per heavy atom. The number of carbonyl (C=O) groups excluding carboxylic acids is 1. The summed E-state index contributed by atoms with van der Waals surface area (Å²) in [5.74, 6) is -0.520. The number of aryl methyl sites for hydroxylation is 1. The lowest BCUT2D eigenvalue weighted by molar-refractivity contribution is 0.0927. The molecule has 0 saturated heterocycles. The van der Waals surface area contributed by atoms with Crippen LogP contribution >= 0.6 is 0 Å². The summed E-state index contributed by atoms with van der Waals surface area (Å²) in [6, 6.07) is 11.5. The molecule has 0 unspecified atom stereocenters. The fraction of sp³-hybridized carbons (Fsp3) is 0.111. The van der Waals surface area contributed by atoms with Crippen LogP contribution in [-0.4, -0.2) is 16.7 Å². The second-order valence-electron chi connectivity index (χ2n) is 5.32. The second kappa shape index (κ2) is 6.54. The lowest BCUT2D eigenvalue weighted by atomic mass is 10.2. The molecule has 24 heavy (non-hydrogen) atoms. The van der Waals surface area contributed by atoms with Crippen molar-refractivity contribution in [1.82, 2.24) is 9.99 Å². The number of rotatable bonds is 4. The molecule has 3 aromatic rings. The van der Waals surface area contributed by atoms with E-state index in [4.69, 9.17) is 4.42 Å². The number of halogens is 1. The first-order valence-electron chi connectivity index (χ1n) is 7.38. The molecular formula is C18H16FN3O2. The average molecular weight is 325 g/mol. The second-order valence-corrected chi connectivity index (χ2v) is 5.32. The highest BCUT2D eigenvalue weighted by Gasteiger charge is 2.10. The van der Waals surface area contributed by atoms with Gasteiger partial charge in [-0.15, -0.1) is 0 Å². The first-order valence-corrected chi connectivity index (χ1v) is 7.38. The van der Waals surface area contributed by atoms with E-state index in [2.05, 4.69) is 10.5 Å². The van der Waals surface area contributed by atoms with Gasteiger partial charge < -0.3 is 8.98 Å². The average Bonchev–Trinajstić information content (AvgIpc) is 3.16. The standard InChI is InChI=1S/C18H16FN3O2/c1-12-9-14(11-20-21-18(23)17-7-4-8-24-17)13(2)22(12)16-6-3-5-15(19)10-16/h3-11H,1-2H3,(H,21,23)/b20-11-. The number of hydrazone groups is 1. The number of nitrogens with one attached hydrogen (secondary N) is 1. The zero-order valence-electron chi connectivity index (χ0n) is 13.3. The lowest BCUT2D eigenvalue weighted by Gasteiger charge is -2.09. The van der Waals surface area contributed by atoms with Crippen LogP contribution in [0.4, 0.5) is 4.39 Å². The molecule has 0 aliphatic carbocycles. The summed E-state index contributed by atoms with van der Waals surface area (Å²) in [6.45, 7) is 3.84. The minimum Gasteiger partial charge on any atom is -0.459 e. The van der Waals surface area contributed by atoms with Crippen molar-refractivity contribution < 1.29 is 13.6 Å². The number of carbonyl (C=O) groups is 1. The Kier molecular flexibility index (Phi) is 4.29. The van der Waals surface area contributed by atoms with E-state index < -0.39 is 5.91 Å². The smallest absolute Gasteiger partial charge is 0.307 e. The van der Waals surface area contributed by atoms with Gasteiger partial charge in [0.15, 0.2) is 5.76 Å². The maximum atomic E-state index is 13.5. The van der Waals surface area contributed by atoms with E-state index in [1.165, 1.54) is 18.4 Å². The molecule has 0 atom stereocenters. The van der Waals surface area contributed by atoms with Crippen LogP contribution in [0.5, 0.6) is 0 Å².